The number of aromatic hydroxyl groups is 1. The summed E-state index contributed by atoms with van der Waals surface area (Å²) in [4.78, 5) is 13.5. The van der Waals surface area contributed by atoms with Crippen LogP contribution >= 0.6 is 0 Å². The van der Waals surface area contributed by atoms with Gasteiger partial charge in [0, 0.05) is 25.1 Å². The van der Waals surface area contributed by atoms with Crippen molar-refractivity contribution in [3.63, 3.8) is 0 Å². The average molecular weight is 617 g/mol. The minimum Gasteiger partial charge on any atom is -0.508 e. The Hall–Kier alpha value is -4.13. The number of fused-ring (bicyclic) bond motifs is 5. The third-order valence-corrected chi connectivity index (χ3v) is 9.48. The molecule has 0 amide bonds. The highest BCUT2D eigenvalue weighted by Crippen LogP contribution is 2.42. The molecule has 2 aromatic carbocycles. The van der Waals surface area contributed by atoms with Crippen LogP contribution in [0.15, 0.2) is 48.7 Å². The van der Waals surface area contributed by atoms with Gasteiger partial charge in [-0.3, -0.25) is 4.90 Å². The minimum absolute atomic E-state index is 0.00851. The van der Waals surface area contributed by atoms with Gasteiger partial charge in [-0.05, 0) is 55.3 Å². The molecule has 3 aliphatic heterocycles. The Labute approximate surface area is 257 Å². The van der Waals surface area contributed by atoms with Gasteiger partial charge in [-0.25, -0.2) is 13.3 Å². The van der Waals surface area contributed by atoms with Crippen molar-refractivity contribution in [2.24, 2.45) is 0 Å². The molecule has 234 valence electrons. The highest BCUT2D eigenvalue weighted by Gasteiger charge is 2.49. The summed E-state index contributed by atoms with van der Waals surface area (Å²) in [6.07, 6.45) is 2.80. The van der Waals surface area contributed by atoms with Crippen molar-refractivity contribution in [1.82, 2.24) is 24.5 Å². The topological polar surface area (TPSA) is 108 Å². The first-order chi connectivity index (χ1) is 21.7. The van der Waals surface area contributed by atoms with E-state index < -0.39 is 23.1 Å². The van der Waals surface area contributed by atoms with E-state index in [2.05, 4.69) is 15.0 Å². The SMILES string of the molecule is CC1(O)COCCN(c2nc(OCC34CCCN3C[C@H](F)C4)nc3c(F)c(-c4cc(O)cc5ccccc45)n4nccc4c23)C1. The van der Waals surface area contributed by atoms with Gasteiger partial charge in [0.25, 0.3) is 0 Å². The van der Waals surface area contributed by atoms with E-state index in [9.17, 15) is 14.6 Å². The van der Waals surface area contributed by atoms with E-state index in [1.807, 2.05) is 29.2 Å². The lowest BCUT2D eigenvalue weighted by atomic mass is 9.95. The molecule has 3 atom stereocenters. The lowest BCUT2D eigenvalue weighted by Gasteiger charge is -2.31. The Morgan fingerprint density at radius 3 is 2.91 bits per heavy atom. The molecule has 2 N–H and O–H groups in total. The standard InChI is InChI=1S/C33H34F2N6O4/c1-32(43)17-39(11-12-44-18-32)30-26-25-7-9-36-41(25)29(24-14-22(42)13-20-5-2-3-6-23(20)24)27(35)28(26)37-31(38-30)45-19-33-8-4-10-40(33)16-21(34)15-33/h2-3,5-7,9,13-14,21,42-43H,4,8,10-12,15-19H2,1H3/t21-,32?,33?/m1/s1. The van der Waals surface area contributed by atoms with Crippen LogP contribution in [0.4, 0.5) is 14.6 Å². The summed E-state index contributed by atoms with van der Waals surface area (Å²) in [7, 11) is 0. The summed E-state index contributed by atoms with van der Waals surface area (Å²) < 4.78 is 45.1. The van der Waals surface area contributed by atoms with E-state index in [1.165, 1.54) is 10.6 Å². The minimum atomic E-state index is -1.19. The van der Waals surface area contributed by atoms with Crippen molar-refractivity contribution in [2.75, 3.05) is 50.9 Å². The molecule has 5 aromatic rings. The molecule has 12 heteroatoms. The second kappa shape index (κ2) is 10.5. The predicted molar refractivity (Wildman–Crippen MR) is 165 cm³/mol. The molecule has 0 aliphatic carbocycles. The molecule has 0 bridgehead atoms. The molecule has 8 rings (SSSR count). The van der Waals surface area contributed by atoms with Crippen LogP contribution in [0.25, 0.3) is 38.4 Å². The normalized spacial score (nSPS) is 25.8. The number of rotatable bonds is 5. The van der Waals surface area contributed by atoms with Gasteiger partial charge in [-0.2, -0.15) is 15.1 Å². The van der Waals surface area contributed by atoms with E-state index in [1.54, 1.807) is 25.3 Å². The van der Waals surface area contributed by atoms with Crippen LogP contribution < -0.4 is 9.64 Å². The van der Waals surface area contributed by atoms with Gasteiger partial charge in [-0.1, -0.05) is 24.3 Å². The molecular formula is C33H34F2N6O4. The fraction of sp³-hybridized carbons (Fsp3) is 0.424. The van der Waals surface area contributed by atoms with Crippen molar-refractivity contribution in [1.29, 1.82) is 0 Å². The zero-order chi connectivity index (χ0) is 30.9. The number of ether oxygens (including phenoxy) is 2. The first kappa shape index (κ1) is 28.4. The van der Waals surface area contributed by atoms with Crippen molar-refractivity contribution >= 4 is 33.0 Å². The summed E-state index contributed by atoms with van der Waals surface area (Å²) >= 11 is 0. The Morgan fingerprint density at radius 1 is 1.16 bits per heavy atom. The number of phenols is 1. The maximum absolute atomic E-state index is 17.1. The first-order valence-corrected chi connectivity index (χ1v) is 15.4. The number of hydrogen-bond acceptors (Lipinski definition) is 9. The molecule has 3 fully saturated rings. The summed E-state index contributed by atoms with van der Waals surface area (Å²) in [5.41, 5.74) is -0.478. The van der Waals surface area contributed by atoms with Crippen LogP contribution in [-0.2, 0) is 4.74 Å². The maximum atomic E-state index is 17.1. The smallest absolute Gasteiger partial charge is 0.319 e. The molecule has 0 saturated carbocycles. The van der Waals surface area contributed by atoms with Gasteiger partial charge in [0.1, 0.15) is 41.2 Å². The molecular weight excluding hydrogens is 582 g/mol. The molecule has 2 unspecified atom stereocenters. The zero-order valence-electron chi connectivity index (χ0n) is 24.9. The number of pyridine rings is 1. The van der Waals surface area contributed by atoms with Gasteiger partial charge in [-0.15, -0.1) is 0 Å². The van der Waals surface area contributed by atoms with Crippen molar-refractivity contribution < 1.29 is 28.5 Å². The van der Waals surface area contributed by atoms with Crippen LogP contribution in [0.2, 0.25) is 0 Å². The Bertz CT molecular complexity index is 1950. The third-order valence-electron chi connectivity index (χ3n) is 9.48. The quantitative estimate of drug-likeness (QED) is 0.296. The van der Waals surface area contributed by atoms with Crippen LogP contribution in [0.1, 0.15) is 26.2 Å². The number of aromatic nitrogens is 4. The molecule has 0 radical (unpaired) electrons. The van der Waals surface area contributed by atoms with E-state index in [0.717, 1.165) is 30.2 Å². The molecule has 3 aromatic heterocycles. The van der Waals surface area contributed by atoms with Gasteiger partial charge in [0.2, 0.25) is 0 Å². The van der Waals surface area contributed by atoms with Crippen LogP contribution in [0.5, 0.6) is 11.8 Å². The van der Waals surface area contributed by atoms with E-state index in [4.69, 9.17) is 14.5 Å². The number of anilines is 1. The second-order valence-electron chi connectivity index (χ2n) is 12.9. The molecule has 45 heavy (non-hydrogen) atoms. The fourth-order valence-electron chi connectivity index (χ4n) is 7.55. The number of alkyl halides is 1. The number of aliphatic hydroxyl groups is 1. The third kappa shape index (κ3) is 4.74. The number of halogens is 2. The second-order valence-corrected chi connectivity index (χ2v) is 12.9. The zero-order valence-corrected chi connectivity index (χ0v) is 24.9. The van der Waals surface area contributed by atoms with Gasteiger partial charge in [0.05, 0.1) is 42.4 Å². The molecule has 3 aliphatic rings. The average Bonchev–Trinajstić information content (AvgIpc) is 3.68. The number of phenolic OH excluding ortho intramolecular Hbond substituents is 1. The highest BCUT2D eigenvalue weighted by molar-refractivity contribution is 6.06. The number of hydrogen-bond donors (Lipinski definition) is 2. The Kier molecular flexibility index (Phi) is 6.59. The monoisotopic (exact) mass is 616 g/mol. The predicted octanol–water partition coefficient (Wildman–Crippen LogP) is 4.49. The van der Waals surface area contributed by atoms with Crippen LogP contribution in [-0.4, -0.2) is 98.0 Å². The van der Waals surface area contributed by atoms with E-state index in [-0.39, 0.29) is 42.7 Å². The Balaban J connectivity index is 1.35. The number of nitrogens with zero attached hydrogens (tertiary/aromatic N) is 6. The lowest BCUT2D eigenvalue weighted by molar-refractivity contribution is -0.0123. The van der Waals surface area contributed by atoms with Crippen molar-refractivity contribution in [2.45, 2.75) is 43.5 Å². The van der Waals surface area contributed by atoms with Crippen molar-refractivity contribution in [3.8, 4) is 23.0 Å². The number of benzene rings is 2. The molecule has 3 saturated heterocycles. The van der Waals surface area contributed by atoms with Gasteiger partial charge >= 0.3 is 6.01 Å². The molecule has 6 heterocycles. The maximum Gasteiger partial charge on any atom is 0.319 e. The van der Waals surface area contributed by atoms with Gasteiger partial charge in [0.15, 0.2) is 5.82 Å². The van der Waals surface area contributed by atoms with Crippen LogP contribution in [0.3, 0.4) is 0 Å². The summed E-state index contributed by atoms with van der Waals surface area (Å²) in [6, 6.07) is 12.3. The lowest BCUT2D eigenvalue weighted by Crippen LogP contribution is -2.44. The van der Waals surface area contributed by atoms with Gasteiger partial charge < -0.3 is 24.6 Å². The summed E-state index contributed by atoms with van der Waals surface area (Å²) in [5, 5.41) is 28.1. The summed E-state index contributed by atoms with van der Waals surface area (Å²) in [5.74, 6) is -0.285. The first-order valence-electron chi connectivity index (χ1n) is 15.4. The van der Waals surface area contributed by atoms with E-state index in [0.29, 0.717) is 48.4 Å². The summed E-state index contributed by atoms with van der Waals surface area (Å²) in [6.45, 7) is 4.11. The fourth-order valence-corrected chi connectivity index (χ4v) is 7.55. The van der Waals surface area contributed by atoms with Crippen molar-refractivity contribution in [3.05, 3.63) is 54.5 Å². The highest BCUT2D eigenvalue weighted by atomic mass is 19.1. The molecule has 10 nitrogen and oxygen atoms in total. The number of β-amino-alcohol motifs (C(OH)–C–C–N with tert-alkyl or cyclic N) is 1. The van der Waals surface area contributed by atoms with Crippen LogP contribution in [0, 0.1) is 5.82 Å². The largest absolute Gasteiger partial charge is 0.508 e. The Morgan fingerprint density at radius 2 is 2.02 bits per heavy atom. The molecule has 0 spiro atoms. The van der Waals surface area contributed by atoms with E-state index >= 15 is 4.39 Å².